The summed E-state index contributed by atoms with van der Waals surface area (Å²) < 4.78 is 4.82. The lowest BCUT2D eigenvalue weighted by molar-refractivity contribution is 0.0586. The van der Waals surface area contributed by atoms with Gasteiger partial charge in [-0.25, -0.2) is 0 Å². The molecule has 0 aliphatic heterocycles. The average molecular weight is 308 g/mol. The van der Waals surface area contributed by atoms with E-state index in [1.54, 1.807) is 25.3 Å². The summed E-state index contributed by atoms with van der Waals surface area (Å²) in [5.74, 6) is 0. The van der Waals surface area contributed by atoms with Gasteiger partial charge in [0.1, 0.15) is 0 Å². The Bertz CT molecular complexity index is 390. The quantitative estimate of drug-likeness (QED) is 0.643. The molecular formula is C13H19Cl2NO3. The first-order valence-corrected chi connectivity index (χ1v) is 6.81. The standard InChI is InChI=1S/C13H19Cl2NO3/c1-19-8-10(17)4-5-16-7-13(18)11-6-9(14)2-3-12(11)15/h2-3,6,10,13,16-18H,4-5,7-8H2,1H3. The molecule has 4 nitrogen and oxygen atoms in total. The normalized spacial score (nSPS) is 14.4. The zero-order chi connectivity index (χ0) is 14.3. The van der Waals surface area contributed by atoms with E-state index in [1.807, 2.05) is 0 Å². The molecule has 1 rings (SSSR count). The lowest BCUT2D eigenvalue weighted by Gasteiger charge is -2.15. The van der Waals surface area contributed by atoms with Crippen LogP contribution in [0.15, 0.2) is 18.2 Å². The Kier molecular flexibility index (Phi) is 7.68. The van der Waals surface area contributed by atoms with Crippen LogP contribution in [0.5, 0.6) is 0 Å². The minimum Gasteiger partial charge on any atom is -0.391 e. The highest BCUT2D eigenvalue weighted by Crippen LogP contribution is 2.25. The molecule has 0 amide bonds. The molecule has 1 aromatic carbocycles. The first-order valence-electron chi connectivity index (χ1n) is 6.05. The van der Waals surface area contributed by atoms with Crippen molar-refractivity contribution in [1.82, 2.24) is 5.32 Å². The number of rotatable bonds is 8. The van der Waals surface area contributed by atoms with Crippen molar-refractivity contribution in [1.29, 1.82) is 0 Å². The van der Waals surface area contributed by atoms with Crippen molar-refractivity contribution in [2.24, 2.45) is 0 Å². The molecule has 0 spiro atoms. The Hall–Kier alpha value is -0.360. The van der Waals surface area contributed by atoms with Crippen LogP contribution < -0.4 is 5.32 Å². The molecule has 0 aliphatic carbocycles. The highest BCUT2D eigenvalue weighted by Gasteiger charge is 2.12. The molecule has 0 radical (unpaired) electrons. The third-order valence-electron chi connectivity index (χ3n) is 2.67. The summed E-state index contributed by atoms with van der Waals surface area (Å²) in [5.41, 5.74) is 0.596. The smallest absolute Gasteiger partial charge is 0.0929 e. The highest BCUT2D eigenvalue weighted by molar-refractivity contribution is 6.33. The molecule has 0 aromatic heterocycles. The van der Waals surface area contributed by atoms with Crippen molar-refractivity contribution in [3.63, 3.8) is 0 Å². The zero-order valence-corrected chi connectivity index (χ0v) is 12.3. The van der Waals surface area contributed by atoms with E-state index in [1.165, 1.54) is 0 Å². The van der Waals surface area contributed by atoms with Crippen LogP contribution in [0.25, 0.3) is 0 Å². The zero-order valence-electron chi connectivity index (χ0n) is 10.8. The van der Waals surface area contributed by atoms with Crippen molar-refractivity contribution in [3.05, 3.63) is 33.8 Å². The van der Waals surface area contributed by atoms with Crippen molar-refractivity contribution in [3.8, 4) is 0 Å². The fourth-order valence-electron chi connectivity index (χ4n) is 1.66. The second-order valence-electron chi connectivity index (χ2n) is 4.28. The summed E-state index contributed by atoms with van der Waals surface area (Å²) in [6.45, 7) is 1.24. The first-order chi connectivity index (χ1) is 9.04. The highest BCUT2D eigenvalue weighted by atomic mass is 35.5. The number of methoxy groups -OCH3 is 1. The molecule has 3 N–H and O–H groups in total. The maximum atomic E-state index is 10.0. The van der Waals surface area contributed by atoms with Crippen LogP contribution >= 0.6 is 23.2 Å². The van der Waals surface area contributed by atoms with Gasteiger partial charge in [-0.15, -0.1) is 0 Å². The molecule has 0 fully saturated rings. The Morgan fingerprint density at radius 3 is 2.74 bits per heavy atom. The van der Waals surface area contributed by atoms with Gasteiger partial charge in [0.2, 0.25) is 0 Å². The predicted octanol–water partition coefficient (Wildman–Crippen LogP) is 2.01. The molecule has 0 heterocycles. The molecule has 0 aliphatic rings. The van der Waals surface area contributed by atoms with Gasteiger partial charge in [0, 0.05) is 29.3 Å². The monoisotopic (exact) mass is 307 g/mol. The minimum absolute atomic E-state index is 0.310. The molecule has 6 heteroatoms. The maximum absolute atomic E-state index is 10.0. The SMILES string of the molecule is COCC(O)CCNCC(O)c1cc(Cl)ccc1Cl. The van der Waals surface area contributed by atoms with E-state index in [9.17, 15) is 10.2 Å². The molecule has 0 saturated heterocycles. The number of halogens is 2. The third kappa shape index (κ3) is 6.08. The fraction of sp³-hybridized carbons (Fsp3) is 0.538. The molecule has 2 atom stereocenters. The molecule has 19 heavy (non-hydrogen) atoms. The Balaban J connectivity index is 2.35. The summed E-state index contributed by atoms with van der Waals surface area (Å²) in [6.07, 6.45) is -0.667. The summed E-state index contributed by atoms with van der Waals surface area (Å²) in [7, 11) is 1.54. The second kappa shape index (κ2) is 8.74. The Morgan fingerprint density at radius 2 is 2.05 bits per heavy atom. The van der Waals surface area contributed by atoms with Crippen molar-refractivity contribution < 1.29 is 14.9 Å². The van der Waals surface area contributed by atoms with E-state index < -0.39 is 12.2 Å². The van der Waals surface area contributed by atoms with Crippen LogP contribution in [0.4, 0.5) is 0 Å². The van der Waals surface area contributed by atoms with Crippen LogP contribution in [-0.4, -0.2) is 43.1 Å². The van der Waals surface area contributed by atoms with Crippen LogP contribution in [0.1, 0.15) is 18.1 Å². The van der Waals surface area contributed by atoms with Crippen LogP contribution in [0, 0.1) is 0 Å². The average Bonchev–Trinajstić information content (AvgIpc) is 2.37. The van der Waals surface area contributed by atoms with E-state index in [2.05, 4.69) is 5.32 Å². The van der Waals surface area contributed by atoms with Gasteiger partial charge in [-0.05, 0) is 31.2 Å². The lowest BCUT2D eigenvalue weighted by atomic mass is 10.1. The van der Waals surface area contributed by atoms with E-state index in [0.717, 1.165) is 0 Å². The molecule has 0 saturated carbocycles. The largest absolute Gasteiger partial charge is 0.391 e. The molecule has 0 bridgehead atoms. The Labute approximate surface area is 123 Å². The molecule has 108 valence electrons. The van der Waals surface area contributed by atoms with Crippen LogP contribution in [0.2, 0.25) is 10.0 Å². The molecule has 2 unspecified atom stereocenters. The molecular weight excluding hydrogens is 289 g/mol. The maximum Gasteiger partial charge on any atom is 0.0929 e. The Morgan fingerprint density at radius 1 is 1.32 bits per heavy atom. The van der Waals surface area contributed by atoms with E-state index in [0.29, 0.717) is 41.7 Å². The number of hydrogen-bond donors (Lipinski definition) is 3. The number of aliphatic hydroxyl groups is 2. The van der Waals surface area contributed by atoms with Crippen molar-refractivity contribution in [2.45, 2.75) is 18.6 Å². The molecule has 1 aromatic rings. The summed E-state index contributed by atoms with van der Waals surface area (Å²) in [6, 6.07) is 4.98. The van der Waals surface area contributed by atoms with Crippen LogP contribution in [0.3, 0.4) is 0 Å². The predicted molar refractivity (Wildman–Crippen MR) is 76.8 cm³/mol. The van der Waals surface area contributed by atoms with Crippen molar-refractivity contribution in [2.75, 3.05) is 26.8 Å². The van der Waals surface area contributed by atoms with Gasteiger partial charge in [0.25, 0.3) is 0 Å². The fourth-order valence-corrected chi connectivity index (χ4v) is 2.09. The van der Waals surface area contributed by atoms with E-state index >= 15 is 0 Å². The van der Waals surface area contributed by atoms with E-state index in [4.69, 9.17) is 27.9 Å². The summed E-state index contributed by atoms with van der Waals surface area (Å²) >= 11 is 11.9. The van der Waals surface area contributed by atoms with Gasteiger partial charge in [0.15, 0.2) is 0 Å². The number of benzene rings is 1. The van der Waals surface area contributed by atoms with Gasteiger partial charge in [-0.3, -0.25) is 0 Å². The lowest BCUT2D eigenvalue weighted by Crippen LogP contribution is -2.27. The second-order valence-corrected chi connectivity index (χ2v) is 5.13. The third-order valence-corrected chi connectivity index (χ3v) is 3.25. The van der Waals surface area contributed by atoms with Gasteiger partial charge < -0.3 is 20.3 Å². The van der Waals surface area contributed by atoms with Crippen molar-refractivity contribution >= 4 is 23.2 Å². The summed E-state index contributed by atoms with van der Waals surface area (Å²) in [4.78, 5) is 0. The van der Waals surface area contributed by atoms with E-state index in [-0.39, 0.29) is 0 Å². The summed E-state index contributed by atoms with van der Waals surface area (Å²) in [5, 5.41) is 23.5. The number of ether oxygens (including phenoxy) is 1. The van der Waals surface area contributed by atoms with Gasteiger partial charge in [0.05, 0.1) is 18.8 Å². The van der Waals surface area contributed by atoms with Gasteiger partial charge in [-0.1, -0.05) is 23.2 Å². The topological polar surface area (TPSA) is 61.7 Å². The minimum atomic E-state index is -0.731. The number of hydrogen-bond acceptors (Lipinski definition) is 4. The van der Waals surface area contributed by atoms with Gasteiger partial charge >= 0.3 is 0 Å². The number of aliphatic hydroxyl groups excluding tert-OH is 2. The van der Waals surface area contributed by atoms with Crippen LogP contribution in [-0.2, 0) is 4.74 Å². The van der Waals surface area contributed by atoms with Gasteiger partial charge in [-0.2, -0.15) is 0 Å². The first kappa shape index (κ1) is 16.7. The number of nitrogens with one attached hydrogen (secondary N) is 1.